The zero-order chi connectivity index (χ0) is 21.7. The lowest BCUT2D eigenvalue weighted by atomic mass is 10.1. The molecule has 30 heavy (non-hydrogen) atoms. The molecule has 5 nitrogen and oxygen atoms in total. The maximum atomic E-state index is 6.43. The molecule has 1 N–H and O–H groups in total. The summed E-state index contributed by atoms with van der Waals surface area (Å²) in [6.07, 6.45) is 4.63. The fourth-order valence-corrected chi connectivity index (χ4v) is 4.57. The number of methoxy groups -OCH3 is 3. The number of nitrogens with one attached hydrogen (secondary N) is 1. The second kappa shape index (κ2) is 10.2. The number of nitrogens with zero attached hydrogens (tertiary/aromatic N) is 1. The first kappa shape index (κ1) is 22.5. The van der Waals surface area contributed by atoms with Crippen molar-refractivity contribution in [1.82, 2.24) is 4.90 Å². The first-order valence-corrected chi connectivity index (χ1v) is 10.9. The molecule has 0 saturated heterocycles. The smallest absolute Gasteiger partial charge is 0.203 e. The minimum Gasteiger partial charge on any atom is -0.493 e. The van der Waals surface area contributed by atoms with Crippen LogP contribution in [0, 0.1) is 6.92 Å². The summed E-state index contributed by atoms with van der Waals surface area (Å²) in [6, 6.07) is 10.2. The quantitative estimate of drug-likeness (QED) is 0.538. The highest BCUT2D eigenvalue weighted by atomic mass is 35.5. The lowest BCUT2D eigenvalue weighted by Gasteiger charge is -2.32. The van der Waals surface area contributed by atoms with Gasteiger partial charge in [-0.2, -0.15) is 0 Å². The van der Waals surface area contributed by atoms with Gasteiger partial charge in [0.1, 0.15) is 0 Å². The van der Waals surface area contributed by atoms with Crippen LogP contribution >= 0.6 is 23.8 Å². The highest BCUT2D eigenvalue weighted by molar-refractivity contribution is 7.80. The molecule has 1 aliphatic carbocycles. The average Bonchev–Trinajstić information content (AvgIpc) is 3.27. The number of anilines is 1. The number of hydrogen-bond donors (Lipinski definition) is 1. The SMILES string of the molecule is COc1ccc(CN(C(=S)Nc2ccc(C)cc2Cl)C2CCCC2)c(OC)c1OC. The van der Waals surface area contributed by atoms with Crippen LogP contribution in [0.3, 0.4) is 0 Å². The molecule has 162 valence electrons. The van der Waals surface area contributed by atoms with Crippen molar-refractivity contribution in [2.45, 2.75) is 45.2 Å². The Hall–Kier alpha value is -2.18. The number of hydrogen-bond acceptors (Lipinski definition) is 4. The molecule has 0 heterocycles. The fourth-order valence-electron chi connectivity index (χ4n) is 3.96. The molecular weight excluding hydrogens is 420 g/mol. The van der Waals surface area contributed by atoms with Crippen LogP contribution in [0.4, 0.5) is 5.69 Å². The summed E-state index contributed by atoms with van der Waals surface area (Å²) >= 11 is 12.3. The van der Waals surface area contributed by atoms with Gasteiger partial charge in [0.25, 0.3) is 0 Å². The van der Waals surface area contributed by atoms with Crippen molar-refractivity contribution in [2.75, 3.05) is 26.6 Å². The summed E-state index contributed by atoms with van der Waals surface area (Å²) in [7, 11) is 4.87. The van der Waals surface area contributed by atoms with Crippen molar-refractivity contribution in [2.24, 2.45) is 0 Å². The number of halogens is 1. The van der Waals surface area contributed by atoms with E-state index in [0.29, 0.717) is 40.0 Å². The molecule has 1 fully saturated rings. The van der Waals surface area contributed by atoms with E-state index in [1.807, 2.05) is 37.3 Å². The van der Waals surface area contributed by atoms with Crippen LogP contribution in [0.15, 0.2) is 30.3 Å². The van der Waals surface area contributed by atoms with Gasteiger partial charge >= 0.3 is 0 Å². The van der Waals surface area contributed by atoms with Crippen molar-refractivity contribution < 1.29 is 14.2 Å². The number of thiocarbonyl (C=S) groups is 1. The Labute approximate surface area is 189 Å². The van der Waals surface area contributed by atoms with E-state index in [1.54, 1.807) is 21.3 Å². The Balaban J connectivity index is 1.90. The maximum absolute atomic E-state index is 6.43. The molecule has 0 radical (unpaired) electrons. The molecule has 1 saturated carbocycles. The number of rotatable bonds is 7. The van der Waals surface area contributed by atoms with E-state index in [-0.39, 0.29) is 0 Å². The van der Waals surface area contributed by atoms with Crippen LogP contribution < -0.4 is 19.5 Å². The summed E-state index contributed by atoms with van der Waals surface area (Å²) in [5.41, 5.74) is 2.91. The maximum Gasteiger partial charge on any atom is 0.203 e. The molecule has 2 aromatic rings. The molecule has 0 amide bonds. The second-order valence-electron chi connectivity index (χ2n) is 7.47. The van der Waals surface area contributed by atoms with Crippen molar-refractivity contribution >= 4 is 34.6 Å². The van der Waals surface area contributed by atoms with Gasteiger partial charge in [0.15, 0.2) is 16.6 Å². The predicted octanol–water partition coefficient (Wildman–Crippen LogP) is 5.82. The molecular formula is C23H29ClN2O3S. The Morgan fingerprint density at radius 2 is 1.77 bits per heavy atom. The van der Waals surface area contributed by atoms with Gasteiger partial charge < -0.3 is 24.4 Å². The Morgan fingerprint density at radius 1 is 1.07 bits per heavy atom. The normalized spacial score (nSPS) is 13.8. The third-order valence-electron chi connectivity index (χ3n) is 5.52. The molecule has 0 bridgehead atoms. The molecule has 0 atom stereocenters. The van der Waals surface area contributed by atoms with Gasteiger partial charge in [-0.1, -0.05) is 30.5 Å². The summed E-state index contributed by atoms with van der Waals surface area (Å²) < 4.78 is 16.7. The Bertz CT molecular complexity index is 900. The van der Waals surface area contributed by atoms with Gasteiger partial charge in [0, 0.05) is 18.2 Å². The third-order valence-corrected chi connectivity index (χ3v) is 6.17. The minimum absolute atomic E-state index is 0.368. The van der Waals surface area contributed by atoms with Crippen molar-refractivity contribution in [3.8, 4) is 17.2 Å². The van der Waals surface area contributed by atoms with E-state index in [2.05, 4.69) is 10.2 Å². The Morgan fingerprint density at radius 3 is 2.37 bits per heavy atom. The topological polar surface area (TPSA) is 43.0 Å². The van der Waals surface area contributed by atoms with E-state index in [9.17, 15) is 0 Å². The molecule has 0 aromatic heterocycles. The van der Waals surface area contributed by atoms with Crippen molar-refractivity contribution in [3.63, 3.8) is 0 Å². The van der Waals surface area contributed by atoms with Gasteiger partial charge in [-0.15, -0.1) is 0 Å². The van der Waals surface area contributed by atoms with Crippen molar-refractivity contribution in [3.05, 3.63) is 46.5 Å². The summed E-state index contributed by atoms with van der Waals surface area (Å²) in [5, 5.41) is 4.67. The monoisotopic (exact) mass is 448 g/mol. The van der Waals surface area contributed by atoms with E-state index in [1.165, 1.54) is 12.8 Å². The van der Waals surface area contributed by atoms with E-state index in [4.69, 9.17) is 38.0 Å². The minimum atomic E-state index is 0.368. The highest BCUT2D eigenvalue weighted by Crippen LogP contribution is 2.41. The second-order valence-corrected chi connectivity index (χ2v) is 8.27. The van der Waals surface area contributed by atoms with Gasteiger partial charge in [0.05, 0.1) is 32.0 Å². The molecule has 0 unspecified atom stereocenters. The fraction of sp³-hybridized carbons (Fsp3) is 0.435. The lowest BCUT2D eigenvalue weighted by Crippen LogP contribution is -2.41. The van der Waals surface area contributed by atoms with Crippen LogP contribution in [0.5, 0.6) is 17.2 Å². The molecule has 2 aromatic carbocycles. The molecule has 0 spiro atoms. The molecule has 1 aliphatic rings. The third kappa shape index (κ3) is 4.93. The largest absolute Gasteiger partial charge is 0.493 e. The van der Waals surface area contributed by atoms with E-state index in [0.717, 1.165) is 29.7 Å². The molecule has 3 rings (SSSR count). The highest BCUT2D eigenvalue weighted by Gasteiger charge is 2.27. The predicted molar refractivity (Wildman–Crippen MR) is 126 cm³/mol. The first-order valence-electron chi connectivity index (χ1n) is 10.1. The van der Waals surface area contributed by atoms with Crippen LogP contribution in [0.2, 0.25) is 5.02 Å². The van der Waals surface area contributed by atoms with Gasteiger partial charge in [-0.3, -0.25) is 0 Å². The first-order chi connectivity index (χ1) is 14.5. The number of ether oxygens (including phenoxy) is 3. The summed E-state index contributed by atoms with van der Waals surface area (Å²) in [5.74, 6) is 1.89. The van der Waals surface area contributed by atoms with Gasteiger partial charge in [-0.05, 0) is 61.8 Å². The number of benzene rings is 2. The van der Waals surface area contributed by atoms with E-state index < -0.39 is 0 Å². The zero-order valence-corrected chi connectivity index (χ0v) is 19.5. The van der Waals surface area contributed by atoms with Crippen LogP contribution in [0.1, 0.15) is 36.8 Å². The number of aryl methyl sites for hydroxylation is 1. The Kier molecular flexibility index (Phi) is 7.67. The summed E-state index contributed by atoms with van der Waals surface area (Å²) in [4.78, 5) is 2.24. The van der Waals surface area contributed by atoms with Crippen molar-refractivity contribution in [1.29, 1.82) is 0 Å². The summed E-state index contributed by atoms with van der Waals surface area (Å²) in [6.45, 7) is 2.62. The average molecular weight is 449 g/mol. The van der Waals surface area contributed by atoms with E-state index >= 15 is 0 Å². The molecule has 7 heteroatoms. The van der Waals surface area contributed by atoms with Crippen LogP contribution in [-0.2, 0) is 6.54 Å². The lowest BCUT2D eigenvalue weighted by molar-refractivity contribution is 0.295. The molecule has 0 aliphatic heterocycles. The zero-order valence-electron chi connectivity index (χ0n) is 18.0. The van der Waals surface area contributed by atoms with Gasteiger partial charge in [-0.25, -0.2) is 0 Å². The standard InChI is InChI=1S/C23H29ClN2O3S/c1-15-9-11-19(18(24)13-15)25-23(30)26(17-7-5-6-8-17)14-16-10-12-20(27-2)22(29-4)21(16)28-3/h9-13,17H,5-8,14H2,1-4H3,(H,25,30). The van der Waals surface area contributed by atoms with Crippen LogP contribution in [0.25, 0.3) is 0 Å². The van der Waals surface area contributed by atoms with Crippen LogP contribution in [-0.4, -0.2) is 37.4 Å². The van der Waals surface area contributed by atoms with Gasteiger partial charge in [0.2, 0.25) is 5.75 Å².